The molecule has 1 aromatic rings. The van der Waals surface area contributed by atoms with E-state index in [0.717, 1.165) is 0 Å². The van der Waals surface area contributed by atoms with Gasteiger partial charge in [0.2, 0.25) is 0 Å². The molecule has 0 radical (unpaired) electrons. The standard InChI is InChI=1S/C15H18/c1-13(2)9-10-14(3)11-12-15-7-5-4-6-8-15/h4-12H,1-3H3/b12-11?,14-10+. The molecular weight excluding hydrogens is 180 g/mol. The van der Waals surface area contributed by atoms with E-state index in [0.29, 0.717) is 0 Å². The Labute approximate surface area is 92.6 Å². The fraction of sp³-hybridized carbons (Fsp3) is 0.200. The van der Waals surface area contributed by atoms with E-state index in [2.05, 4.69) is 69.3 Å². The van der Waals surface area contributed by atoms with E-state index >= 15 is 0 Å². The van der Waals surface area contributed by atoms with E-state index in [1.54, 1.807) is 0 Å². The highest BCUT2D eigenvalue weighted by atomic mass is 13.9. The minimum atomic E-state index is 1.24. The lowest BCUT2D eigenvalue weighted by Gasteiger charge is -1.92. The van der Waals surface area contributed by atoms with Crippen LogP contribution >= 0.6 is 0 Å². The summed E-state index contributed by atoms with van der Waals surface area (Å²) in [4.78, 5) is 0. The van der Waals surface area contributed by atoms with Crippen molar-refractivity contribution >= 4 is 6.08 Å². The van der Waals surface area contributed by atoms with Crippen LogP contribution in [-0.4, -0.2) is 0 Å². The van der Waals surface area contributed by atoms with E-state index in [-0.39, 0.29) is 0 Å². The first-order valence-corrected chi connectivity index (χ1v) is 5.23. The van der Waals surface area contributed by atoms with E-state index in [1.165, 1.54) is 16.7 Å². The highest BCUT2D eigenvalue weighted by Gasteiger charge is 1.83. The van der Waals surface area contributed by atoms with Crippen LogP contribution in [0.4, 0.5) is 0 Å². The molecule has 0 amide bonds. The van der Waals surface area contributed by atoms with Crippen LogP contribution in [0.5, 0.6) is 0 Å². The Morgan fingerprint density at radius 1 is 0.933 bits per heavy atom. The van der Waals surface area contributed by atoms with Gasteiger partial charge in [-0.3, -0.25) is 0 Å². The van der Waals surface area contributed by atoms with Gasteiger partial charge in [0.05, 0.1) is 0 Å². The summed E-state index contributed by atoms with van der Waals surface area (Å²) in [5.41, 5.74) is 3.82. The predicted octanol–water partition coefficient (Wildman–Crippen LogP) is 4.61. The highest BCUT2D eigenvalue weighted by molar-refractivity contribution is 5.52. The van der Waals surface area contributed by atoms with Crippen molar-refractivity contribution < 1.29 is 0 Å². The molecule has 0 nitrogen and oxygen atoms in total. The Balaban J connectivity index is 2.66. The maximum Gasteiger partial charge on any atom is -0.0257 e. The van der Waals surface area contributed by atoms with Gasteiger partial charge in [0, 0.05) is 0 Å². The third-order valence-electron chi connectivity index (χ3n) is 2.02. The quantitative estimate of drug-likeness (QED) is 0.622. The Morgan fingerprint density at radius 2 is 1.60 bits per heavy atom. The van der Waals surface area contributed by atoms with E-state index in [4.69, 9.17) is 0 Å². The van der Waals surface area contributed by atoms with Crippen molar-refractivity contribution in [2.24, 2.45) is 0 Å². The minimum Gasteiger partial charge on any atom is -0.0764 e. The number of hydrogen-bond donors (Lipinski definition) is 0. The first-order chi connectivity index (χ1) is 7.18. The summed E-state index contributed by atoms with van der Waals surface area (Å²) < 4.78 is 0. The molecule has 0 unspecified atom stereocenters. The SMILES string of the molecule is CC(C)=C/C=C(\C)C=Cc1ccccc1. The van der Waals surface area contributed by atoms with Gasteiger partial charge in [0.25, 0.3) is 0 Å². The molecule has 0 aliphatic rings. The molecule has 1 rings (SSSR count). The average Bonchev–Trinajstić information content (AvgIpc) is 2.25. The van der Waals surface area contributed by atoms with Gasteiger partial charge in [0.1, 0.15) is 0 Å². The van der Waals surface area contributed by atoms with E-state index in [1.807, 2.05) is 6.07 Å². The summed E-state index contributed by atoms with van der Waals surface area (Å²) in [6.45, 7) is 6.31. The van der Waals surface area contributed by atoms with Crippen LogP contribution in [-0.2, 0) is 0 Å². The molecule has 0 fully saturated rings. The van der Waals surface area contributed by atoms with Gasteiger partial charge in [-0.05, 0) is 26.3 Å². The first kappa shape index (κ1) is 11.5. The summed E-state index contributed by atoms with van der Waals surface area (Å²) in [6.07, 6.45) is 8.53. The number of hydrogen-bond acceptors (Lipinski definition) is 0. The molecule has 15 heavy (non-hydrogen) atoms. The molecule has 0 aliphatic carbocycles. The molecule has 0 heteroatoms. The zero-order valence-electron chi connectivity index (χ0n) is 9.70. The molecule has 1 aromatic carbocycles. The zero-order valence-corrected chi connectivity index (χ0v) is 9.70. The summed E-state index contributed by atoms with van der Waals surface area (Å²) in [7, 11) is 0. The number of allylic oxidation sites excluding steroid dienone is 5. The number of rotatable bonds is 3. The Morgan fingerprint density at radius 3 is 2.20 bits per heavy atom. The van der Waals surface area contributed by atoms with Gasteiger partial charge < -0.3 is 0 Å². The van der Waals surface area contributed by atoms with Gasteiger partial charge in [0.15, 0.2) is 0 Å². The fourth-order valence-corrected chi connectivity index (χ4v) is 1.15. The maximum atomic E-state index is 2.13. The van der Waals surface area contributed by atoms with Crippen LogP contribution in [0.15, 0.2) is 59.7 Å². The average molecular weight is 198 g/mol. The second-order valence-electron chi connectivity index (χ2n) is 3.90. The van der Waals surface area contributed by atoms with Crippen LogP contribution in [0.2, 0.25) is 0 Å². The molecule has 0 saturated carbocycles. The molecule has 0 atom stereocenters. The summed E-state index contributed by atoms with van der Waals surface area (Å²) >= 11 is 0. The third kappa shape index (κ3) is 5.02. The van der Waals surface area contributed by atoms with Crippen LogP contribution in [0.3, 0.4) is 0 Å². The molecule has 0 aromatic heterocycles. The van der Waals surface area contributed by atoms with E-state index < -0.39 is 0 Å². The van der Waals surface area contributed by atoms with Crippen molar-refractivity contribution in [1.82, 2.24) is 0 Å². The maximum absolute atomic E-state index is 2.13. The van der Waals surface area contributed by atoms with Crippen molar-refractivity contribution in [3.05, 3.63) is 65.3 Å². The van der Waals surface area contributed by atoms with Gasteiger partial charge in [-0.15, -0.1) is 0 Å². The summed E-state index contributed by atoms with van der Waals surface area (Å²) in [6, 6.07) is 10.3. The Hall–Kier alpha value is -1.56. The van der Waals surface area contributed by atoms with Crippen LogP contribution in [0.25, 0.3) is 6.08 Å². The number of benzene rings is 1. The summed E-state index contributed by atoms with van der Waals surface area (Å²) in [5, 5.41) is 0. The largest absolute Gasteiger partial charge is 0.0764 e. The lowest BCUT2D eigenvalue weighted by atomic mass is 10.1. The second kappa shape index (κ2) is 6.02. The predicted molar refractivity (Wildman–Crippen MR) is 68.7 cm³/mol. The van der Waals surface area contributed by atoms with Gasteiger partial charge in [-0.1, -0.05) is 65.8 Å². The molecule has 0 saturated heterocycles. The molecule has 78 valence electrons. The smallest absolute Gasteiger partial charge is 0.0257 e. The minimum absolute atomic E-state index is 1.24. The molecule has 0 heterocycles. The van der Waals surface area contributed by atoms with Crippen molar-refractivity contribution in [2.45, 2.75) is 20.8 Å². The fourth-order valence-electron chi connectivity index (χ4n) is 1.15. The monoisotopic (exact) mass is 198 g/mol. The van der Waals surface area contributed by atoms with Crippen LogP contribution in [0.1, 0.15) is 26.3 Å². The molecule has 0 aliphatic heterocycles. The van der Waals surface area contributed by atoms with Crippen molar-refractivity contribution in [1.29, 1.82) is 0 Å². The normalized spacial score (nSPS) is 11.8. The van der Waals surface area contributed by atoms with Crippen molar-refractivity contribution in [3.63, 3.8) is 0 Å². The lowest BCUT2D eigenvalue weighted by Crippen LogP contribution is -1.71. The van der Waals surface area contributed by atoms with Gasteiger partial charge in [-0.2, -0.15) is 0 Å². The molecule has 0 bridgehead atoms. The Bertz CT molecular complexity index is 374. The van der Waals surface area contributed by atoms with E-state index in [9.17, 15) is 0 Å². The molecule has 0 spiro atoms. The highest BCUT2D eigenvalue weighted by Crippen LogP contribution is 2.05. The van der Waals surface area contributed by atoms with Crippen LogP contribution < -0.4 is 0 Å². The van der Waals surface area contributed by atoms with Gasteiger partial charge in [-0.25, -0.2) is 0 Å². The Kier molecular flexibility index (Phi) is 4.62. The first-order valence-electron chi connectivity index (χ1n) is 5.23. The zero-order chi connectivity index (χ0) is 11.1. The molecular formula is C15H18. The van der Waals surface area contributed by atoms with Gasteiger partial charge >= 0.3 is 0 Å². The summed E-state index contributed by atoms with van der Waals surface area (Å²) in [5.74, 6) is 0. The van der Waals surface area contributed by atoms with Crippen molar-refractivity contribution in [2.75, 3.05) is 0 Å². The van der Waals surface area contributed by atoms with Crippen LogP contribution in [0, 0.1) is 0 Å². The second-order valence-corrected chi connectivity index (χ2v) is 3.90. The van der Waals surface area contributed by atoms with Crippen molar-refractivity contribution in [3.8, 4) is 0 Å². The third-order valence-corrected chi connectivity index (χ3v) is 2.02. The topological polar surface area (TPSA) is 0 Å². The lowest BCUT2D eigenvalue weighted by molar-refractivity contribution is 1.38. The molecule has 0 N–H and O–H groups in total.